The van der Waals surface area contributed by atoms with E-state index in [0.717, 1.165) is 12.6 Å². The minimum Gasteiger partial charge on any atom is -0.377 e. The smallest absolute Gasteiger partial charge is 0.0654 e. The van der Waals surface area contributed by atoms with E-state index in [0.29, 0.717) is 11.6 Å². The molecule has 0 aromatic heterocycles. The summed E-state index contributed by atoms with van der Waals surface area (Å²) in [6.45, 7) is 8.84. The number of rotatable bonds is 3. The highest BCUT2D eigenvalue weighted by Gasteiger charge is 2.51. The topological polar surface area (TPSA) is 12.5 Å². The number of hydrogen-bond donors (Lipinski definition) is 0. The maximum absolute atomic E-state index is 5.76. The van der Waals surface area contributed by atoms with Gasteiger partial charge in [0.05, 0.1) is 12.7 Å². The summed E-state index contributed by atoms with van der Waals surface area (Å²) in [4.78, 5) is 2.63. The molecule has 0 N–H and O–H groups in total. The third-order valence-corrected chi connectivity index (χ3v) is 3.67. The third kappa shape index (κ3) is 1.50. The third-order valence-electron chi connectivity index (χ3n) is 3.67. The number of hydrogen-bond acceptors (Lipinski definition) is 2. The average Bonchev–Trinajstić information content (AvgIpc) is 2.21. The van der Waals surface area contributed by atoms with Gasteiger partial charge in [-0.3, -0.25) is 4.90 Å². The van der Waals surface area contributed by atoms with Crippen molar-refractivity contribution in [3.8, 4) is 0 Å². The first-order valence-corrected chi connectivity index (χ1v) is 5.52. The van der Waals surface area contributed by atoms with Gasteiger partial charge in [0.25, 0.3) is 0 Å². The second-order valence-corrected chi connectivity index (χ2v) is 4.92. The molecule has 0 unspecified atom stereocenters. The molecule has 2 nitrogen and oxygen atoms in total. The van der Waals surface area contributed by atoms with E-state index < -0.39 is 0 Å². The highest BCUT2D eigenvalue weighted by molar-refractivity contribution is 5.06. The van der Waals surface area contributed by atoms with Crippen LogP contribution in [0.4, 0.5) is 0 Å². The van der Waals surface area contributed by atoms with Crippen LogP contribution in [0.3, 0.4) is 0 Å². The summed E-state index contributed by atoms with van der Waals surface area (Å²) in [5.74, 6) is 0. The summed E-state index contributed by atoms with van der Waals surface area (Å²) in [6.07, 6.45) is 4.44. The van der Waals surface area contributed by atoms with Gasteiger partial charge in [0.1, 0.15) is 0 Å². The second-order valence-electron chi connectivity index (χ2n) is 4.92. The summed E-state index contributed by atoms with van der Waals surface area (Å²) < 4.78 is 5.76. The van der Waals surface area contributed by atoms with Crippen LogP contribution in [0.15, 0.2) is 0 Å². The van der Waals surface area contributed by atoms with Crippen molar-refractivity contribution in [2.45, 2.75) is 57.7 Å². The van der Waals surface area contributed by atoms with Gasteiger partial charge in [-0.1, -0.05) is 0 Å². The summed E-state index contributed by atoms with van der Waals surface area (Å²) in [5, 5.41) is 0. The van der Waals surface area contributed by atoms with Crippen LogP contribution in [-0.4, -0.2) is 35.7 Å². The van der Waals surface area contributed by atoms with Crippen LogP contribution in [0.25, 0.3) is 0 Å². The Bertz CT molecular complexity index is 193. The van der Waals surface area contributed by atoms with E-state index in [-0.39, 0.29) is 0 Å². The molecule has 2 rings (SSSR count). The highest BCUT2D eigenvalue weighted by atomic mass is 16.5. The first kappa shape index (κ1) is 9.47. The van der Waals surface area contributed by atoms with Crippen LogP contribution in [0, 0.1) is 0 Å². The van der Waals surface area contributed by atoms with Gasteiger partial charge in [-0.25, -0.2) is 0 Å². The first-order chi connectivity index (χ1) is 6.14. The molecule has 2 saturated heterocycles. The maximum atomic E-state index is 5.76. The largest absolute Gasteiger partial charge is 0.377 e. The predicted octanol–water partition coefficient (Wildman–Crippen LogP) is 2.04. The first-order valence-electron chi connectivity index (χ1n) is 5.52. The minimum absolute atomic E-state index is 0.382. The van der Waals surface area contributed by atoms with Gasteiger partial charge in [-0.15, -0.1) is 0 Å². The monoisotopic (exact) mass is 183 g/mol. The lowest BCUT2D eigenvalue weighted by atomic mass is 9.86. The molecule has 2 aliphatic heterocycles. The van der Waals surface area contributed by atoms with E-state index in [4.69, 9.17) is 4.74 Å². The standard InChI is InChI=1S/C11H21NO/c1-9(2)13-8-11-5-4-10(3)12(11)7-6-11/h9-10H,4-8H2,1-3H3/t10-,11-/m0/s1. The summed E-state index contributed by atoms with van der Waals surface area (Å²) in [6, 6.07) is 0.796. The Hall–Kier alpha value is -0.0800. The lowest BCUT2D eigenvalue weighted by Crippen LogP contribution is -2.60. The van der Waals surface area contributed by atoms with Crippen molar-refractivity contribution in [2.75, 3.05) is 13.2 Å². The molecule has 2 heteroatoms. The van der Waals surface area contributed by atoms with Gasteiger partial charge in [0, 0.05) is 18.1 Å². The molecular weight excluding hydrogens is 162 g/mol. The van der Waals surface area contributed by atoms with Gasteiger partial charge in [0.2, 0.25) is 0 Å². The zero-order valence-electron chi connectivity index (χ0n) is 9.05. The van der Waals surface area contributed by atoms with Crippen molar-refractivity contribution in [1.82, 2.24) is 4.90 Å². The zero-order chi connectivity index (χ0) is 9.47. The van der Waals surface area contributed by atoms with E-state index in [1.165, 1.54) is 25.8 Å². The van der Waals surface area contributed by atoms with Crippen LogP contribution in [0.1, 0.15) is 40.0 Å². The van der Waals surface area contributed by atoms with Crippen molar-refractivity contribution in [2.24, 2.45) is 0 Å². The van der Waals surface area contributed by atoms with Crippen LogP contribution in [-0.2, 0) is 4.74 Å². The molecule has 13 heavy (non-hydrogen) atoms. The molecule has 2 atom stereocenters. The molecule has 0 aromatic carbocycles. The van der Waals surface area contributed by atoms with E-state index in [1.807, 2.05) is 0 Å². The minimum atomic E-state index is 0.382. The van der Waals surface area contributed by atoms with Crippen LogP contribution < -0.4 is 0 Å². The van der Waals surface area contributed by atoms with E-state index in [2.05, 4.69) is 25.7 Å². The lowest BCUT2D eigenvalue weighted by Gasteiger charge is -2.50. The Labute approximate surface area is 81.3 Å². The van der Waals surface area contributed by atoms with Gasteiger partial charge < -0.3 is 4.74 Å². The Morgan fingerprint density at radius 3 is 2.69 bits per heavy atom. The summed E-state index contributed by atoms with van der Waals surface area (Å²) in [7, 11) is 0. The van der Waals surface area contributed by atoms with Gasteiger partial charge in [0.15, 0.2) is 0 Å². The van der Waals surface area contributed by atoms with Crippen LogP contribution >= 0.6 is 0 Å². The Morgan fingerprint density at radius 2 is 2.23 bits per heavy atom. The lowest BCUT2D eigenvalue weighted by molar-refractivity contribution is -0.0768. The van der Waals surface area contributed by atoms with E-state index in [9.17, 15) is 0 Å². The molecule has 0 radical (unpaired) electrons. The van der Waals surface area contributed by atoms with Gasteiger partial charge >= 0.3 is 0 Å². The highest BCUT2D eigenvalue weighted by Crippen LogP contribution is 2.44. The molecular formula is C11H21NO. The summed E-state index contributed by atoms with van der Waals surface area (Å²) in [5.41, 5.74) is 0.448. The molecule has 2 heterocycles. The average molecular weight is 183 g/mol. The van der Waals surface area contributed by atoms with E-state index >= 15 is 0 Å². The maximum Gasteiger partial charge on any atom is 0.0654 e. The molecule has 0 amide bonds. The molecule has 2 aliphatic rings. The molecule has 76 valence electrons. The van der Waals surface area contributed by atoms with Crippen LogP contribution in [0.5, 0.6) is 0 Å². The van der Waals surface area contributed by atoms with Crippen molar-refractivity contribution in [3.63, 3.8) is 0 Å². The Kier molecular flexibility index (Phi) is 2.37. The molecule has 0 saturated carbocycles. The molecule has 0 aromatic rings. The molecule has 0 bridgehead atoms. The fourth-order valence-corrected chi connectivity index (χ4v) is 2.70. The fourth-order valence-electron chi connectivity index (χ4n) is 2.70. The van der Waals surface area contributed by atoms with Crippen molar-refractivity contribution in [1.29, 1.82) is 0 Å². The van der Waals surface area contributed by atoms with Crippen molar-refractivity contribution < 1.29 is 4.74 Å². The van der Waals surface area contributed by atoms with E-state index in [1.54, 1.807) is 0 Å². The summed E-state index contributed by atoms with van der Waals surface area (Å²) >= 11 is 0. The zero-order valence-corrected chi connectivity index (χ0v) is 9.05. The predicted molar refractivity (Wildman–Crippen MR) is 53.8 cm³/mol. The molecule has 0 aliphatic carbocycles. The second kappa shape index (κ2) is 3.25. The Morgan fingerprint density at radius 1 is 1.46 bits per heavy atom. The van der Waals surface area contributed by atoms with Gasteiger partial charge in [-0.2, -0.15) is 0 Å². The normalized spacial score (nSPS) is 39.2. The van der Waals surface area contributed by atoms with Crippen molar-refractivity contribution in [3.05, 3.63) is 0 Å². The fraction of sp³-hybridized carbons (Fsp3) is 1.00. The number of nitrogens with zero attached hydrogens (tertiary/aromatic N) is 1. The number of fused-ring (bicyclic) bond motifs is 1. The quantitative estimate of drug-likeness (QED) is 0.664. The van der Waals surface area contributed by atoms with Crippen LogP contribution in [0.2, 0.25) is 0 Å². The van der Waals surface area contributed by atoms with Crippen molar-refractivity contribution >= 4 is 0 Å². The SMILES string of the molecule is CC(C)OC[C@@]12CC[C@H](C)N1CC2. The number of ether oxygens (including phenoxy) is 1. The Balaban J connectivity index is 1.90. The van der Waals surface area contributed by atoms with Gasteiger partial charge in [-0.05, 0) is 40.0 Å². The molecule has 2 fully saturated rings. The molecule has 0 spiro atoms.